The minimum Gasteiger partial charge on any atom is -0.312 e. The van der Waals surface area contributed by atoms with Crippen LogP contribution in [0.4, 0.5) is 0 Å². The average molecular weight is 288 g/mol. The minimum absolute atomic E-state index is 0.202. The summed E-state index contributed by atoms with van der Waals surface area (Å²) >= 11 is 0. The summed E-state index contributed by atoms with van der Waals surface area (Å²) in [5.74, 6) is 0.842. The fourth-order valence-corrected chi connectivity index (χ4v) is 3.35. The first kappa shape index (κ1) is 16.5. The molecule has 1 aliphatic heterocycles. The molecule has 0 bridgehead atoms. The summed E-state index contributed by atoms with van der Waals surface area (Å²) in [4.78, 5) is 2.64. The van der Waals surface area contributed by atoms with Crippen molar-refractivity contribution in [2.24, 2.45) is 5.92 Å². The van der Waals surface area contributed by atoms with E-state index < -0.39 is 0 Å². The molecule has 0 aliphatic carbocycles. The lowest BCUT2D eigenvalue weighted by molar-refractivity contribution is 0.256. The molecular weight excluding hydrogens is 256 g/mol. The Labute approximate surface area is 130 Å². The minimum atomic E-state index is 0.202. The van der Waals surface area contributed by atoms with Crippen LogP contribution in [0.5, 0.6) is 0 Å². The molecule has 1 aromatic rings. The van der Waals surface area contributed by atoms with Crippen LogP contribution in [0.15, 0.2) is 24.3 Å². The summed E-state index contributed by atoms with van der Waals surface area (Å²) in [5, 5.41) is 3.59. The second kappa shape index (κ2) is 6.93. The number of hydrogen-bond acceptors (Lipinski definition) is 2. The van der Waals surface area contributed by atoms with E-state index in [1.165, 1.54) is 24.1 Å². The Balaban J connectivity index is 1.97. The van der Waals surface area contributed by atoms with E-state index in [0.717, 1.165) is 31.5 Å². The van der Waals surface area contributed by atoms with Crippen molar-refractivity contribution in [2.45, 2.75) is 65.6 Å². The van der Waals surface area contributed by atoms with Crippen LogP contribution in [-0.4, -0.2) is 29.6 Å². The maximum absolute atomic E-state index is 3.59. The van der Waals surface area contributed by atoms with Gasteiger partial charge in [0.15, 0.2) is 0 Å². The second-order valence-corrected chi connectivity index (χ2v) is 7.81. The maximum atomic E-state index is 3.59. The fraction of sp³-hybridized carbons (Fsp3) is 0.684. The van der Waals surface area contributed by atoms with Gasteiger partial charge in [0.1, 0.15) is 0 Å². The Morgan fingerprint density at radius 1 is 1.14 bits per heavy atom. The number of hydrogen-bond donors (Lipinski definition) is 1. The number of benzene rings is 1. The van der Waals surface area contributed by atoms with Gasteiger partial charge in [-0.05, 0) is 64.1 Å². The van der Waals surface area contributed by atoms with Crippen LogP contribution >= 0.6 is 0 Å². The van der Waals surface area contributed by atoms with Crippen LogP contribution < -0.4 is 5.32 Å². The highest BCUT2D eigenvalue weighted by Gasteiger charge is 2.26. The third-order valence-electron chi connectivity index (χ3n) is 4.45. The van der Waals surface area contributed by atoms with Gasteiger partial charge in [0.25, 0.3) is 0 Å². The first-order valence-corrected chi connectivity index (χ1v) is 8.41. The molecule has 1 aromatic carbocycles. The summed E-state index contributed by atoms with van der Waals surface area (Å²) in [6.07, 6.45) is 2.46. The van der Waals surface area contributed by atoms with E-state index in [0.29, 0.717) is 0 Å². The van der Waals surface area contributed by atoms with E-state index in [4.69, 9.17) is 0 Å². The molecule has 2 unspecified atom stereocenters. The molecule has 2 atom stereocenters. The second-order valence-electron chi connectivity index (χ2n) is 7.81. The first-order valence-electron chi connectivity index (χ1n) is 8.41. The Morgan fingerprint density at radius 2 is 1.81 bits per heavy atom. The molecule has 118 valence electrons. The normalized spacial score (nSPS) is 23.7. The zero-order valence-electron chi connectivity index (χ0n) is 14.4. The predicted octanol–water partition coefficient (Wildman–Crippen LogP) is 3.85. The molecule has 0 radical (unpaired) electrons. The molecule has 21 heavy (non-hydrogen) atoms. The highest BCUT2D eigenvalue weighted by atomic mass is 15.2. The Kier molecular flexibility index (Phi) is 5.45. The van der Waals surface area contributed by atoms with E-state index in [9.17, 15) is 0 Å². The predicted molar refractivity (Wildman–Crippen MR) is 91.6 cm³/mol. The lowest BCUT2D eigenvalue weighted by Crippen LogP contribution is -2.37. The zero-order chi connectivity index (χ0) is 15.5. The Hall–Kier alpha value is -0.860. The zero-order valence-corrected chi connectivity index (χ0v) is 14.4. The Bertz CT molecular complexity index is 447. The van der Waals surface area contributed by atoms with Crippen molar-refractivity contribution in [3.05, 3.63) is 35.4 Å². The van der Waals surface area contributed by atoms with Gasteiger partial charge >= 0.3 is 0 Å². The first-order chi connectivity index (χ1) is 9.85. The Morgan fingerprint density at radius 3 is 2.38 bits per heavy atom. The van der Waals surface area contributed by atoms with E-state index in [2.05, 4.69) is 69.1 Å². The fourth-order valence-electron chi connectivity index (χ4n) is 3.35. The van der Waals surface area contributed by atoms with Gasteiger partial charge in [-0.3, -0.25) is 4.90 Å². The summed E-state index contributed by atoms with van der Waals surface area (Å²) in [6.45, 7) is 14.8. The SMILES string of the molecule is CC1CC(C)N(Cc2ccccc2CCNC(C)(C)C)C1. The van der Waals surface area contributed by atoms with Crippen molar-refractivity contribution in [2.75, 3.05) is 13.1 Å². The molecule has 0 spiro atoms. The lowest BCUT2D eigenvalue weighted by Gasteiger charge is -2.24. The molecule has 0 saturated carbocycles. The van der Waals surface area contributed by atoms with Gasteiger partial charge in [-0.2, -0.15) is 0 Å². The van der Waals surface area contributed by atoms with Crippen molar-refractivity contribution in [1.82, 2.24) is 10.2 Å². The van der Waals surface area contributed by atoms with Crippen molar-refractivity contribution in [3.63, 3.8) is 0 Å². The van der Waals surface area contributed by atoms with Gasteiger partial charge in [-0.25, -0.2) is 0 Å². The molecule has 1 saturated heterocycles. The summed E-state index contributed by atoms with van der Waals surface area (Å²) in [7, 11) is 0. The van der Waals surface area contributed by atoms with Crippen LogP contribution in [0.2, 0.25) is 0 Å². The topological polar surface area (TPSA) is 15.3 Å². The number of nitrogens with one attached hydrogen (secondary N) is 1. The van der Waals surface area contributed by atoms with E-state index in [-0.39, 0.29) is 5.54 Å². The van der Waals surface area contributed by atoms with Gasteiger partial charge in [0.05, 0.1) is 0 Å². The van der Waals surface area contributed by atoms with Crippen molar-refractivity contribution < 1.29 is 0 Å². The van der Waals surface area contributed by atoms with Gasteiger partial charge in [0, 0.05) is 24.7 Å². The monoisotopic (exact) mass is 288 g/mol. The number of nitrogens with zero attached hydrogens (tertiary/aromatic N) is 1. The van der Waals surface area contributed by atoms with Crippen LogP contribution in [0, 0.1) is 5.92 Å². The molecule has 0 amide bonds. The quantitative estimate of drug-likeness (QED) is 0.885. The van der Waals surface area contributed by atoms with Crippen molar-refractivity contribution >= 4 is 0 Å². The molecule has 1 heterocycles. The van der Waals surface area contributed by atoms with Crippen molar-refractivity contribution in [3.8, 4) is 0 Å². The largest absolute Gasteiger partial charge is 0.312 e. The molecular formula is C19H32N2. The van der Waals surface area contributed by atoms with Gasteiger partial charge in [0.2, 0.25) is 0 Å². The summed E-state index contributed by atoms with van der Waals surface area (Å²) in [6, 6.07) is 9.68. The standard InChI is InChI=1S/C19H32N2/c1-15-12-16(2)21(13-15)14-18-9-7-6-8-17(18)10-11-20-19(3,4)5/h6-9,15-16,20H,10-14H2,1-5H3. The van der Waals surface area contributed by atoms with Gasteiger partial charge in [-0.15, -0.1) is 0 Å². The van der Waals surface area contributed by atoms with Crippen molar-refractivity contribution in [1.29, 1.82) is 0 Å². The van der Waals surface area contributed by atoms with Crippen LogP contribution in [0.3, 0.4) is 0 Å². The molecule has 1 fully saturated rings. The van der Waals surface area contributed by atoms with Crippen LogP contribution in [-0.2, 0) is 13.0 Å². The number of rotatable bonds is 5. The summed E-state index contributed by atoms with van der Waals surface area (Å²) in [5.41, 5.74) is 3.21. The lowest BCUT2D eigenvalue weighted by atomic mass is 10.0. The smallest absolute Gasteiger partial charge is 0.0239 e. The maximum Gasteiger partial charge on any atom is 0.0239 e. The molecule has 2 rings (SSSR count). The third kappa shape index (κ3) is 5.12. The van der Waals surface area contributed by atoms with Gasteiger partial charge < -0.3 is 5.32 Å². The highest BCUT2D eigenvalue weighted by Crippen LogP contribution is 2.25. The molecule has 2 heteroatoms. The molecule has 2 nitrogen and oxygen atoms in total. The van der Waals surface area contributed by atoms with E-state index >= 15 is 0 Å². The summed E-state index contributed by atoms with van der Waals surface area (Å²) < 4.78 is 0. The van der Waals surface area contributed by atoms with E-state index in [1.54, 1.807) is 0 Å². The van der Waals surface area contributed by atoms with Gasteiger partial charge in [-0.1, -0.05) is 31.2 Å². The molecule has 1 N–H and O–H groups in total. The van der Waals surface area contributed by atoms with E-state index in [1.807, 2.05) is 0 Å². The highest BCUT2D eigenvalue weighted by molar-refractivity contribution is 5.27. The number of likely N-dealkylation sites (tertiary alicyclic amines) is 1. The van der Waals surface area contributed by atoms with Crippen LogP contribution in [0.25, 0.3) is 0 Å². The third-order valence-corrected chi connectivity index (χ3v) is 4.45. The molecule has 0 aromatic heterocycles. The average Bonchev–Trinajstić information content (AvgIpc) is 2.68. The van der Waals surface area contributed by atoms with Crippen LogP contribution in [0.1, 0.15) is 52.2 Å². The molecule has 1 aliphatic rings.